The minimum atomic E-state index is -0.687. The van der Waals surface area contributed by atoms with E-state index in [0.29, 0.717) is 0 Å². The van der Waals surface area contributed by atoms with E-state index in [2.05, 4.69) is 24.5 Å². The molecule has 1 rings (SSSR count). The maximum absolute atomic E-state index is 8.99. The number of rotatable bonds is 12. The van der Waals surface area contributed by atoms with Crippen LogP contribution in [0.1, 0.15) is 75.6 Å². The highest BCUT2D eigenvalue weighted by molar-refractivity contribution is 5.34. The molecule has 24 heavy (non-hydrogen) atoms. The fourth-order valence-electron chi connectivity index (χ4n) is 2.61. The second-order valence-corrected chi connectivity index (χ2v) is 6.11. The molecule has 0 heterocycles. The van der Waals surface area contributed by atoms with Gasteiger partial charge >= 0.3 is 0 Å². The molecule has 2 N–H and O–H groups in total. The Labute approximate surface area is 146 Å². The summed E-state index contributed by atoms with van der Waals surface area (Å²) in [6.45, 7) is 6.39. The van der Waals surface area contributed by atoms with Crippen LogP contribution in [0.15, 0.2) is 24.3 Å². The van der Waals surface area contributed by atoms with E-state index < -0.39 is 5.92 Å². The van der Waals surface area contributed by atoms with Crippen LogP contribution in [0.4, 0.5) is 0 Å². The lowest BCUT2D eigenvalue weighted by atomic mass is 10.00. The van der Waals surface area contributed by atoms with Crippen molar-refractivity contribution >= 4 is 0 Å². The molecule has 0 spiro atoms. The lowest BCUT2D eigenvalue weighted by Crippen LogP contribution is -2.35. The lowest BCUT2D eigenvalue weighted by molar-refractivity contribution is 0.424. The highest BCUT2D eigenvalue weighted by atomic mass is 15.1. The zero-order valence-corrected chi connectivity index (χ0v) is 15.0. The predicted molar refractivity (Wildman–Crippen MR) is 98.2 cm³/mol. The van der Waals surface area contributed by atoms with E-state index in [9.17, 15) is 0 Å². The van der Waals surface area contributed by atoms with Gasteiger partial charge in [0, 0.05) is 0 Å². The first-order valence-corrected chi connectivity index (χ1v) is 9.12. The molecular formula is C20H30N4. The van der Waals surface area contributed by atoms with Crippen molar-refractivity contribution in [3.8, 4) is 12.1 Å². The Morgan fingerprint density at radius 2 is 1.25 bits per heavy atom. The fraction of sp³-hybridized carbons (Fsp3) is 0.600. The molecule has 0 aliphatic rings. The quantitative estimate of drug-likeness (QED) is 0.442. The normalized spacial score (nSPS) is 10.8. The van der Waals surface area contributed by atoms with Crippen molar-refractivity contribution in [2.24, 2.45) is 0 Å². The van der Waals surface area contributed by atoms with Crippen molar-refractivity contribution in [3.05, 3.63) is 35.4 Å². The number of unbranched alkanes of at least 4 members (excludes halogenated alkanes) is 4. The van der Waals surface area contributed by atoms with Crippen molar-refractivity contribution in [3.63, 3.8) is 0 Å². The molecule has 0 amide bonds. The minimum absolute atomic E-state index is 0.121. The highest BCUT2D eigenvalue weighted by Gasteiger charge is 2.12. The van der Waals surface area contributed by atoms with Crippen molar-refractivity contribution in [1.82, 2.24) is 10.6 Å². The monoisotopic (exact) mass is 326 g/mol. The Hall–Kier alpha value is -1.88. The first kappa shape index (κ1) is 20.2. The SMILES string of the molecule is CCCCCNC(NCCCCC)c1ccc(C(C#N)C#N)cc1. The van der Waals surface area contributed by atoms with Gasteiger partial charge in [0.05, 0.1) is 18.3 Å². The topological polar surface area (TPSA) is 71.6 Å². The average molecular weight is 326 g/mol. The van der Waals surface area contributed by atoms with Crippen LogP contribution in [0, 0.1) is 22.7 Å². The van der Waals surface area contributed by atoms with Gasteiger partial charge in [-0.2, -0.15) is 10.5 Å². The lowest BCUT2D eigenvalue weighted by Gasteiger charge is -2.21. The number of nitrogens with one attached hydrogen (secondary N) is 2. The van der Waals surface area contributed by atoms with Crippen LogP contribution in [-0.4, -0.2) is 13.1 Å². The number of hydrogen-bond acceptors (Lipinski definition) is 4. The molecule has 0 aromatic heterocycles. The van der Waals surface area contributed by atoms with Gasteiger partial charge in [0.1, 0.15) is 0 Å². The Balaban J connectivity index is 2.69. The molecule has 130 valence electrons. The van der Waals surface area contributed by atoms with Gasteiger partial charge in [0.15, 0.2) is 5.92 Å². The molecule has 4 heteroatoms. The van der Waals surface area contributed by atoms with Crippen LogP contribution in [0.2, 0.25) is 0 Å². The third-order valence-electron chi connectivity index (χ3n) is 4.12. The van der Waals surface area contributed by atoms with E-state index in [1.807, 2.05) is 36.4 Å². The van der Waals surface area contributed by atoms with E-state index in [4.69, 9.17) is 10.5 Å². The Morgan fingerprint density at radius 1 is 0.792 bits per heavy atom. The first-order chi connectivity index (χ1) is 11.8. The molecule has 0 aliphatic carbocycles. The van der Waals surface area contributed by atoms with Crippen LogP contribution < -0.4 is 10.6 Å². The fourth-order valence-corrected chi connectivity index (χ4v) is 2.61. The van der Waals surface area contributed by atoms with Gasteiger partial charge in [-0.3, -0.25) is 10.6 Å². The van der Waals surface area contributed by atoms with Crippen molar-refractivity contribution in [2.75, 3.05) is 13.1 Å². The van der Waals surface area contributed by atoms with Gasteiger partial charge in [0.2, 0.25) is 0 Å². The van der Waals surface area contributed by atoms with Crippen LogP contribution in [0.5, 0.6) is 0 Å². The van der Waals surface area contributed by atoms with Gasteiger partial charge in [0.25, 0.3) is 0 Å². The third kappa shape index (κ3) is 7.13. The molecule has 0 unspecified atom stereocenters. The molecule has 0 aliphatic heterocycles. The predicted octanol–water partition coefficient (Wildman–Crippen LogP) is 4.38. The number of nitriles is 2. The molecule has 0 atom stereocenters. The van der Waals surface area contributed by atoms with Crippen LogP contribution in [-0.2, 0) is 0 Å². The first-order valence-electron chi connectivity index (χ1n) is 9.12. The molecule has 0 bridgehead atoms. The molecule has 0 saturated heterocycles. The summed E-state index contributed by atoms with van der Waals surface area (Å²) in [6, 6.07) is 11.9. The molecular weight excluding hydrogens is 296 g/mol. The largest absolute Gasteiger partial charge is 0.298 e. The summed E-state index contributed by atoms with van der Waals surface area (Å²) in [4.78, 5) is 0. The van der Waals surface area contributed by atoms with E-state index in [0.717, 1.165) is 24.2 Å². The van der Waals surface area contributed by atoms with Gasteiger partial charge in [-0.25, -0.2) is 0 Å². The van der Waals surface area contributed by atoms with Gasteiger partial charge in [-0.05, 0) is 37.1 Å². The summed E-state index contributed by atoms with van der Waals surface area (Å²) < 4.78 is 0. The second-order valence-electron chi connectivity index (χ2n) is 6.11. The van der Waals surface area contributed by atoms with Crippen molar-refractivity contribution < 1.29 is 0 Å². The van der Waals surface area contributed by atoms with E-state index in [1.54, 1.807) is 0 Å². The summed E-state index contributed by atoms with van der Waals surface area (Å²) >= 11 is 0. The summed E-state index contributed by atoms with van der Waals surface area (Å²) in [6.07, 6.45) is 7.37. The molecule has 0 radical (unpaired) electrons. The Kier molecular flexibility index (Phi) is 10.5. The Bertz CT molecular complexity index is 498. The molecule has 0 fully saturated rings. The Morgan fingerprint density at radius 3 is 1.67 bits per heavy atom. The van der Waals surface area contributed by atoms with Gasteiger partial charge < -0.3 is 0 Å². The summed E-state index contributed by atoms with van der Waals surface area (Å²) in [5.74, 6) is -0.687. The van der Waals surface area contributed by atoms with Crippen LogP contribution in [0.25, 0.3) is 0 Å². The van der Waals surface area contributed by atoms with E-state index in [1.165, 1.54) is 38.5 Å². The summed E-state index contributed by atoms with van der Waals surface area (Å²) in [5.41, 5.74) is 1.92. The second kappa shape index (κ2) is 12.5. The zero-order chi connectivity index (χ0) is 17.6. The summed E-state index contributed by atoms with van der Waals surface area (Å²) in [5, 5.41) is 25.2. The standard InChI is InChI=1S/C20H30N4/c1-3-5-7-13-23-20(24-14-8-6-4-2)18-11-9-17(10-12-18)19(15-21)16-22/h9-12,19-20,23-24H,3-8,13-14H2,1-2H3. The van der Waals surface area contributed by atoms with Crippen molar-refractivity contribution in [2.45, 2.75) is 64.5 Å². The van der Waals surface area contributed by atoms with E-state index in [-0.39, 0.29) is 6.17 Å². The maximum atomic E-state index is 8.99. The molecule has 1 aromatic rings. The molecule has 4 nitrogen and oxygen atoms in total. The zero-order valence-electron chi connectivity index (χ0n) is 15.0. The van der Waals surface area contributed by atoms with Crippen LogP contribution >= 0.6 is 0 Å². The summed E-state index contributed by atoms with van der Waals surface area (Å²) in [7, 11) is 0. The molecule has 1 aromatic carbocycles. The maximum Gasteiger partial charge on any atom is 0.158 e. The van der Waals surface area contributed by atoms with Crippen LogP contribution in [0.3, 0.4) is 0 Å². The van der Waals surface area contributed by atoms with Gasteiger partial charge in [-0.15, -0.1) is 0 Å². The van der Waals surface area contributed by atoms with E-state index >= 15 is 0 Å². The molecule has 0 saturated carbocycles. The third-order valence-corrected chi connectivity index (χ3v) is 4.12. The smallest absolute Gasteiger partial charge is 0.158 e. The highest BCUT2D eigenvalue weighted by Crippen LogP contribution is 2.18. The van der Waals surface area contributed by atoms with Gasteiger partial charge in [-0.1, -0.05) is 63.8 Å². The average Bonchev–Trinajstić information content (AvgIpc) is 2.62. The van der Waals surface area contributed by atoms with Crippen molar-refractivity contribution in [1.29, 1.82) is 10.5 Å². The number of nitrogens with zero attached hydrogens (tertiary/aromatic N) is 2. The number of benzene rings is 1. The minimum Gasteiger partial charge on any atom is -0.298 e. The number of hydrogen-bond donors (Lipinski definition) is 2.